The summed E-state index contributed by atoms with van der Waals surface area (Å²) in [6.07, 6.45) is 1.19. The van der Waals surface area contributed by atoms with E-state index < -0.39 is 16.1 Å². The molecule has 0 aromatic heterocycles. The summed E-state index contributed by atoms with van der Waals surface area (Å²) >= 11 is 0. The summed E-state index contributed by atoms with van der Waals surface area (Å²) in [6.45, 7) is 10.1. The van der Waals surface area contributed by atoms with Crippen LogP contribution in [0, 0.1) is 0 Å². The van der Waals surface area contributed by atoms with Crippen molar-refractivity contribution >= 4 is 16.0 Å². The first-order valence-electron chi connectivity index (χ1n) is 10.1. The minimum Gasteiger partial charge on any atom is -0.491 e. The van der Waals surface area contributed by atoms with Gasteiger partial charge in [-0.25, -0.2) is 12.7 Å². The van der Waals surface area contributed by atoms with E-state index in [1.54, 1.807) is 0 Å². The first-order chi connectivity index (χ1) is 13.7. The highest BCUT2D eigenvalue weighted by Crippen LogP contribution is 2.20. The van der Waals surface area contributed by atoms with Gasteiger partial charge in [0.1, 0.15) is 5.75 Å². The van der Waals surface area contributed by atoms with Crippen molar-refractivity contribution in [2.75, 3.05) is 39.0 Å². The van der Waals surface area contributed by atoms with E-state index in [4.69, 9.17) is 4.74 Å². The number of aliphatic hydroxyl groups excluding tert-OH is 1. The van der Waals surface area contributed by atoms with Crippen molar-refractivity contribution in [1.29, 1.82) is 0 Å². The lowest BCUT2D eigenvalue weighted by molar-refractivity contribution is 0.185. The van der Waals surface area contributed by atoms with Gasteiger partial charge in [0.25, 0.3) is 0 Å². The number of benzene rings is 1. The van der Waals surface area contributed by atoms with Crippen molar-refractivity contribution in [1.82, 2.24) is 14.9 Å². The Kier molecular flexibility index (Phi) is 11.0. The highest BCUT2D eigenvalue weighted by atomic mass is 32.2. The normalized spacial score (nSPS) is 13.6. The van der Waals surface area contributed by atoms with Crippen LogP contribution in [0.1, 0.15) is 45.8 Å². The molecule has 0 bridgehead atoms. The molecule has 29 heavy (non-hydrogen) atoms. The fourth-order valence-electron chi connectivity index (χ4n) is 2.71. The van der Waals surface area contributed by atoms with Crippen molar-refractivity contribution in [2.24, 2.45) is 4.99 Å². The molecule has 3 N–H and O–H groups in total. The molecule has 1 rings (SSSR count). The second-order valence-electron chi connectivity index (χ2n) is 7.01. The lowest BCUT2D eigenvalue weighted by atomic mass is 10.1. The molecule has 1 aromatic carbocycles. The number of rotatable bonds is 12. The van der Waals surface area contributed by atoms with Gasteiger partial charge < -0.3 is 20.5 Å². The number of aliphatic hydroxyl groups is 1. The summed E-state index contributed by atoms with van der Waals surface area (Å²) in [5, 5.41) is 16.8. The third-order valence-electron chi connectivity index (χ3n) is 4.08. The van der Waals surface area contributed by atoms with Crippen LogP contribution in [0.5, 0.6) is 5.75 Å². The number of ether oxygens (including phenoxy) is 1. The van der Waals surface area contributed by atoms with E-state index in [0.29, 0.717) is 38.6 Å². The Morgan fingerprint density at radius 2 is 2.00 bits per heavy atom. The number of nitrogens with one attached hydrogen (secondary N) is 2. The van der Waals surface area contributed by atoms with Crippen LogP contribution in [0.15, 0.2) is 29.3 Å². The van der Waals surface area contributed by atoms with Crippen LogP contribution in [-0.2, 0) is 10.0 Å². The highest BCUT2D eigenvalue weighted by Gasteiger charge is 2.13. The van der Waals surface area contributed by atoms with Crippen molar-refractivity contribution in [3.05, 3.63) is 29.8 Å². The number of hydrogen-bond acceptors (Lipinski definition) is 5. The Labute approximate surface area is 175 Å². The summed E-state index contributed by atoms with van der Waals surface area (Å²) in [6, 6.07) is 7.38. The summed E-state index contributed by atoms with van der Waals surface area (Å²) in [5.41, 5.74) is 0.745. The fraction of sp³-hybridized carbons (Fsp3) is 0.650. The quantitative estimate of drug-likeness (QED) is 0.266. The van der Waals surface area contributed by atoms with E-state index in [2.05, 4.69) is 15.6 Å². The minimum absolute atomic E-state index is 0.0660. The van der Waals surface area contributed by atoms with E-state index >= 15 is 0 Å². The zero-order valence-corrected chi connectivity index (χ0v) is 19.0. The van der Waals surface area contributed by atoms with E-state index in [0.717, 1.165) is 11.3 Å². The Morgan fingerprint density at radius 1 is 1.28 bits per heavy atom. The molecule has 0 aliphatic rings. The van der Waals surface area contributed by atoms with Gasteiger partial charge in [-0.1, -0.05) is 19.1 Å². The molecule has 166 valence electrons. The Hall–Kier alpha value is -1.84. The number of guanidine groups is 1. The zero-order chi connectivity index (χ0) is 21.9. The molecule has 0 radical (unpaired) electrons. The first-order valence-corrected chi connectivity index (χ1v) is 11.9. The standard InChI is InChI=1S/C20H36N4O4S/c1-6-21-20(22-12-9-13-24(7-2)29(5,26)27)23-15-19(25)17-10-8-11-18(14-17)28-16(3)4/h8,10-11,14,16,19,25H,6-7,9,12-13,15H2,1-5H3,(H2,21,22,23). The molecular formula is C20H36N4O4S. The van der Waals surface area contributed by atoms with Gasteiger partial charge in [-0.05, 0) is 44.9 Å². The highest BCUT2D eigenvalue weighted by molar-refractivity contribution is 7.88. The second-order valence-corrected chi connectivity index (χ2v) is 8.99. The molecule has 8 nitrogen and oxygen atoms in total. The molecule has 0 aliphatic carbocycles. The van der Waals surface area contributed by atoms with Gasteiger partial charge >= 0.3 is 0 Å². The van der Waals surface area contributed by atoms with Crippen molar-refractivity contribution in [3.8, 4) is 5.75 Å². The van der Waals surface area contributed by atoms with Crippen molar-refractivity contribution in [2.45, 2.75) is 46.3 Å². The van der Waals surface area contributed by atoms with E-state index in [1.807, 2.05) is 52.0 Å². The molecule has 1 unspecified atom stereocenters. The van der Waals surface area contributed by atoms with Crippen LogP contribution in [0.2, 0.25) is 0 Å². The van der Waals surface area contributed by atoms with Crippen molar-refractivity contribution < 1.29 is 18.3 Å². The molecule has 1 atom stereocenters. The molecule has 1 aromatic rings. The van der Waals surface area contributed by atoms with Gasteiger partial charge in [-0.3, -0.25) is 4.99 Å². The SMILES string of the molecule is CCNC(=NCC(O)c1cccc(OC(C)C)c1)NCCCN(CC)S(C)(=O)=O. The van der Waals surface area contributed by atoms with Crippen LogP contribution >= 0.6 is 0 Å². The van der Waals surface area contributed by atoms with Gasteiger partial charge in [0.15, 0.2) is 5.96 Å². The van der Waals surface area contributed by atoms with Crippen molar-refractivity contribution in [3.63, 3.8) is 0 Å². The maximum Gasteiger partial charge on any atom is 0.211 e. The maximum absolute atomic E-state index is 11.6. The molecule has 0 fully saturated rings. The van der Waals surface area contributed by atoms with Crippen LogP contribution in [0.3, 0.4) is 0 Å². The molecule has 0 spiro atoms. The van der Waals surface area contributed by atoms with E-state index in [9.17, 15) is 13.5 Å². The molecule has 0 amide bonds. The third kappa shape index (κ3) is 9.96. The zero-order valence-electron chi connectivity index (χ0n) is 18.2. The molecular weight excluding hydrogens is 392 g/mol. The molecule has 9 heteroatoms. The number of aliphatic imine (C=N–C) groups is 1. The topological polar surface area (TPSA) is 103 Å². The van der Waals surface area contributed by atoms with Gasteiger partial charge in [0.05, 0.1) is 25.0 Å². The fourth-order valence-corrected chi connectivity index (χ4v) is 3.64. The third-order valence-corrected chi connectivity index (χ3v) is 5.46. The second kappa shape index (κ2) is 12.7. The largest absolute Gasteiger partial charge is 0.491 e. The predicted molar refractivity (Wildman–Crippen MR) is 118 cm³/mol. The average molecular weight is 429 g/mol. The van der Waals surface area contributed by atoms with Crippen LogP contribution < -0.4 is 15.4 Å². The summed E-state index contributed by atoms with van der Waals surface area (Å²) in [7, 11) is -3.17. The van der Waals surface area contributed by atoms with E-state index in [-0.39, 0.29) is 12.6 Å². The first kappa shape index (κ1) is 25.2. The Bertz CT molecular complexity index is 738. The van der Waals surface area contributed by atoms with Crippen LogP contribution in [0.25, 0.3) is 0 Å². The summed E-state index contributed by atoms with van der Waals surface area (Å²) < 4.78 is 30.3. The van der Waals surface area contributed by atoms with Crippen LogP contribution in [-0.4, -0.2) is 68.9 Å². The maximum atomic E-state index is 11.6. The van der Waals surface area contributed by atoms with E-state index in [1.165, 1.54) is 10.6 Å². The Morgan fingerprint density at radius 3 is 2.59 bits per heavy atom. The number of nitrogens with zero attached hydrogens (tertiary/aromatic N) is 2. The predicted octanol–water partition coefficient (Wildman–Crippen LogP) is 1.73. The minimum atomic E-state index is -3.17. The Balaban J connectivity index is 2.60. The molecule has 0 aliphatic heterocycles. The smallest absolute Gasteiger partial charge is 0.211 e. The van der Waals surface area contributed by atoms with Gasteiger partial charge in [0.2, 0.25) is 10.0 Å². The molecule has 0 heterocycles. The lowest BCUT2D eigenvalue weighted by Gasteiger charge is -2.18. The number of hydrogen-bond donors (Lipinski definition) is 3. The number of sulfonamides is 1. The molecule has 0 saturated heterocycles. The van der Waals surface area contributed by atoms with Gasteiger partial charge in [-0.2, -0.15) is 0 Å². The van der Waals surface area contributed by atoms with Crippen LogP contribution in [0.4, 0.5) is 0 Å². The van der Waals surface area contributed by atoms with Gasteiger partial charge in [0, 0.05) is 26.2 Å². The molecule has 0 saturated carbocycles. The summed E-state index contributed by atoms with van der Waals surface area (Å²) in [5.74, 6) is 1.31. The summed E-state index contributed by atoms with van der Waals surface area (Å²) in [4.78, 5) is 4.44. The monoisotopic (exact) mass is 428 g/mol. The average Bonchev–Trinajstić information content (AvgIpc) is 2.64. The van der Waals surface area contributed by atoms with Gasteiger partial charge in [-0.15, -0.1) is 0 Å². The lowest BCUT2D eigenvalue weighted by Crippen LogP contribution is -2.39.